The van der Waals surface area contributed by atoms with Crippen molar-refractivity contribution < 1.29 is 0 Å². The zero-order valence-corrected chi connectivity index (χ0v) is 38.6. The summed E-state index contributed by atoms with van der Waals surface area (Å²) in [7, 11) is 0. The minimum Gasteiger partial charge on any atom is -0.411 e. The molecule has 244 valence electrons. The molecule has 4 nitrogen and oxygen atoms in total. The van der Waals surface area contributed by atoms with Crippen LogP contribution in [0.5, 0.6) is 0 Å². The predicted octanol–water partition coefficient (Wildman–Crippen LogP) is 7.37. The minimum absolute atomic E-state index is 0. The second kappa shape index (κ2) is 27.7. The molecule has 0 aliphatic rings. The number of rotatable bonds is 8. The average Bonchev–Trinajstić information content (AvgIpc) is 2.64. The molecular formula is C28H56N4PbS8-4. The van der Waals surface area contributed by atoms with Crippen molar-refractivity contribution in [3.05, 3.63) is 0 Å². The van der Waals surface area contributed by atoms with Crippen LogP contribution in [0.1, 0.15) is 111 Å². The quantitative estimate of drug-likeness (QED) is 0.137. The first-order valence-electron chi connectivity index (χ1n) is 13.8. The Morgan fingerprint density at radius 2 is 0.390 bits per heavy atom. The molecule has 0 N–H and O–H groups in total. The van der Waals surface area contributed by atoms with E-state index in [1.807, 2.05) is 19.6 Å². The topological polar surface area (TPSA) is 13.0 Å². The van der Waals surface area contributed by atoms with Crippen molar-refractivity contribution in [2.24, 2.45) is 0 Å². The molecule has 0 heterocycles. The minimum atomic E-state index is 0. The zero-order valence-electron chi connectivity index (χ0n) is 28.2. The second-order valence-electron chi connectivity index (χ2n) is 11.4. The third-order valence-electron chi connectivity index (χ3n) is 5.29. The van der Waals surface area contributed by atoms with E-state index in [4.69, 9.17) is 99.4 Å². The monoisotopic (exact) mass is 912 g/mol. The van der Waals surface area contributed by atoms with Gasteiger partial charge in [-0.1, -0.05) is 17.3 Å². The second-order valence-corrected chi connectivity index (χ2v) is 15.6. The zero-order chi connectivity index (χ0) is 33.2. The van der Waals surface area contributed by atoms with Gasteiger partial charge in [-0.15, -0.1) is 0 Å². The van der Waals surface area contributed by atoms with Crippen LogP contribution in [-0.4, -0.2) is 113 Å². The van der Waals surface area contributed by atoms with Crippen LogP contribution in [0.2, 0.25) is 0 Å². The molecule has 0 aromatic rings. The van der Waals surface area contributed by atoms with E-state index in [9.17, 15) is 0 Å². The maximum atomic E-state index is 4.91. The Morgan fingerprint density at radius 1 is 0.317 bits per heavy atom. The number of thiocarbonyl (C=S) groups is 4. The van der Waals surface area contributed by atoms with E-state index in [1.165, 1.54) is 0 Å². The first-order chi connectivity index (χ1) is 17.9. The molecular weight excluding hydrogens is 856 g/mol. The Balaban J connectivity index is -0.000000139. The molecule has 0 bridgehead atoms. The Morgan fingerprint density at radius 3 is 0.390 bits per heavy atom. The van der Waals surface area contributed by atoms with Gasteiger partial charge in [-0.2, -0.15) is 0 Å². The summed E-state index contributed by atoms with van der Waals surface area (Å²) in [6.07, 6.45) is 0. The molecule has 0 saturated heterocycles. The molecule has 0 aliphatic heterocycles. The third-order valence-corrected chi connectivity index (χ3v) is 6.98. The number of hydrogen-bond donors (Lipinski definition) is 0. The summed E-state index contributed by atoms with van der Waals surface area (Å²) in [6.45, 7) is 33.5. The van der Waals surface area contributed by atoms with E-state index in [0.717, 1.165) is 0 Å². The first kappa shape index (κ1) is 51.9. The summed E-state index contributed by atoms with van der Waals surface area (Å²) < 4.78 is 2.30. The summed E-state index contributed by atoms with van der Waals surface area (Å²) in [5.74, 6) is 0. The van der Waals surface area contributed by atoms with Crippen molar-refractivity contribution >= 4 is 144 Å². The van der Waals surface area contributed by atoms with Crippen LogP contribution in [0, 0.1) is 0 Å². The van der Waals surface area contributed by atoms with E-state index < -0.39 is 0 Å². The van der Waals surface area contributed by atoms with Gasteiger partial charge in [0.2, 0.25) is 0 Å². The van der Waals surface area contributed by atoms with Gasteiger partial charge < -0.3 is 119 Å². The van der Waals surface area contributed by atoms with Crippen molar-refractivity contribution in [2.45, 2.75) is 159 Å². The molecule has 41 heavy (non-hydrogen) atoms. The molecule has 0 aromatic carbocycles. The van der Waals surface area contributed by atoms with Crippen molar-refractivity contribution in [1.82, 2.24) is 19.6 Å². The van der Waals surface area contributed by atoms with Crippen LogP contribution in [0.3, 0.4) is 0 Å². The van der Waals surface area contributed by atoms with Gasteiger partial charge in [0, 0.05) is 75.6 Å². The molecule has 0 atom stereocenters. The fourth-order valence-electron chi connectivity index (χ4n) is 4.07. The molecule has 0 spiro atoms. The Labute approximate surface area is 319 Å². The van der Waals surface area contributed by atoms with Crippen LogP contribution in [0.4, 0.5) is 0 Å². The Bertz CT molecular complexity index is 578. The predicted molar refractivity (Wildman–Crippen MR) is 214 cm³/mol. The van der Waals surface area contributed by atoms with Gasteiger partial charge >= 0.3 is 0 Å². The van der Waals surface area contributed by atoms with E-state index in [2.05, 4.69) is 111 Å². The smallest absolute Gasteiger partial charge is 0.0220 e. The summed E-state index contributed by atoms with van der Waals surface area (Å²) in [5, 5.41) is 0. The van der Waals surface area contributed by atoms with Crippen LogP contribution < -0.4 is 0 Å². The fraction of sp³-hybridized carbons (Fsp3) is 0.857. The normalized spacial score (nSPS) is 10.3. The van der Waals surface area contributed by atoms with Crippen molar-refractivity contribution in [2.75, 3.05) is 0 Å². The molecule has 0 rings (SSSR count). The van der Waals surface area contributed by atoms with E-state index in [-0.39, 0.29) is 27.3 Å². The van der Waals surface area contributed by atoms with Crippen molar-refractivity contribution in [3.63, 3.8) is 0 Å². The molecule has 0 fully saturated rings. The van der Waals surface area contributed by atoms with Crippen LogP contribution in [-0.2, 0) is 50.5 Å². The molecule has 13 heteroatoms. The SMILES string of the molecule is CC(C)N(C(=S)[S-])C(C)C.CC(C)N(C(=S)[S-])C(C)C.CC(C)N(C(=S)[S-])C(C)C.CC(C)N(C(=S)[S-])C(C)C.[Pb]. The molecule has 0 amide bonds. The Hall–Kier alpha value is 1.36. The summed E-state index contributed by atoms with van der Waals surface area (Å²) >= 11 is 39.3. The summed E-state index contributed by atoms with van der Waals surface area (Å²) in [5.41, 5.74) is 0. The van der Waals surface area contributed by atoms with E-state index >= 15 is 0 Å². The van der Waals surface area contributed by atoms with Crippen LogP contribution in [0.25, 0.3) is 0 Å². The Kier molecular flexibility index (Phi) is 35.0. The first-order valence-corrected chi connectivity index (χ1v) is 17.1. The number of nitrogens with zero attached hydrogens (tertiary/aromatic N) is 4. The van der Waals surface area contributed by atoms with E-state index in [1.54, 1.807) is 0 Å². The van der Waals surface area contributed by atoms with Crippen LogP contribution in [0.15, 0.2) is 0 Å². The molecule has 0 aromatic heterocycles. The summed E-state index contributed by atoms with van der Waals surface area (Å²) in [4.78, 5) is 8.19. The van der Waals surface area contributed by atoms with Gasteiger partial charge in [0.05, 0.1) is 0 Å². The van der Waals surface area contributed by atoms with Gasteiger partial charge in [-0.25, -0.2) is 0 Å². The standard InChI is InChI=1S/4C7H15NS2.Pb/c4*1-5(2)8(6(3)4)7(9)10;/h4*5-6H,1-4H3,(H,9,10);/p-4. The van der Waals surface area contributed by atoms with Crippen LogP contribution >= 0.6 is 48.9 Å². The van der Waals surface area contributed by atoms with Gasteiger partial charge in [0.1, 0.15) is 0 Å². The van der Waals surface area contributed by atoms with Crippen molar-refractivity contribution in [3.8, 4) is 0 Å². The van der Waals surface area contributed by atoms with E-state index in [0.29, 0.717) is 65.6 Å². The largest absolute Gasteiger partial charge is 0.411 e. The average molecular weight is 913 g/mol. The third kappa shape index (κ3) is 26.3. The maximum absolute atomic E-state index is 4.91. The fourth-order valence-corrected chi connectivity index (χ4v) is 7.44. The maximum Gasteiger partial charge on any atom is 0.0220 e. The number of hydrogen-bond acceptors (Lipinski definition) is 8. The summed E-state index contributed by atoms with van der Waals surface area (Å²) in [6, 6.07) is 3.37. The van der Waals surface area contributed by atoms with Crippen molar-refractivity contribution in [1.29, 1.82) is 0 Å². The van der Waals surface area contributed by atoms with Gasteiger partial charge in [0.25, 0.3) is 0 Å². The molecule has 0 saturated carbocycles. The van der Waals surface area contributed by atoms with Gasteiger partial charge in [0.15, 0.2) is 0 Å². The molecule has 0 unspecified atom stereocenters. The molecule has 0 aliphatic carbocycles. The molecule has 4 radical (unpaired) electrons. The van der Waals surface area contributed by atoms with Gasteiger partial charge in [-0.3, -0.25) is 0 Å². The van der Waals surface area contributed by atoms with Gasteiger partial charge in [-0.05, 0) is 111 Å².